The fraction of sp³-hybridized carbons (Fsp3) is 0.696. The number of hydrogen-bond donors (Lipinski definition) is 15. The molecule has 0 aromatic rings. The topological polar surface area (TPSA) is 401 Å². The van der Waals surface area contributed by atoms with Crippen molar-refractivity contribution in [1.82, 2.24) is 10.6 Å². The zero-order chi connectivity index (χ0) is 38.9. The smallest absolute Gasteiger partial charge is 0.322 e. The summed E-state index contributed by atoms with van der Waals surface area (Å²) in [6.07, 6.45) is -0.235. The van der Waals surface area contributed by atoms with Gasteiger partial charge in [0.25, 0.3) is 0 Å². The van der Waals surface area contributed by atoms with Crippen LogP contribution in [0.5, 0.6) is 0 Å². The van der Waals surface area contributed by atoms with Crippen LogP contribution in [-0.2, 0) is 33.6 Å². The number of carbonyl (C=O) groups excluding carboxylic acids is 2. The van der Waals surface area contributed by atoms with Crippen LogP contribution in [0.3, 0.4) is 0 Å². The molecular weight excluding hydrogens is 773 g/mol. The molecule has 0 aliphatic rings. The molecule has 0 radical (unpaired) electrons. The first kappa shape index (κ1) is 53.9. The van der Waals surface area contributed by atoms with E-state index in [1.807, 2.05) is 0 Å². The Morgan fingerprint density at radius 2 is 1.02 bits per heavy atom. The van der Waals surface area contributed by atoms with E-state index in [1.54, 1.807) is 21.6 Å². The number of amides is 2. The molecule has 5 unspecified atom stereocenters. The molecule has 0 heterocycles. The summed E-state index contributed by atoms with van der Waals surface area (Å²) in [7, 11) is 5.98. The average Bonchev–Trinajstić information content (AvgIpc) is 3.05. The van der Waals surface area contributed by atoms with E-state index in [1.165, 1.54) is 21.6 Å². The number of carboxylic acid groups (broad SMARTS) is 5. The van der Waals surface area contributed by atoms with Crippen LogP contribution in [0, 0.1) is 0 Å². The molecule has 26 heteroatoms. The molecule has 0 fully saturated rings. The Morgan fingerprint density at radius 3 is 1.31 bits per heavy atom. The normalized spacial score (nSPS) is 13.1. The first-order valence-electron chi connectivity index (χ1n) is 13.7. The summed E-state index contributed by atoms with van der Waals surface area (Å²) in [5.74, 6) is -4.13. The summed E-state index contributed by atoms with van der Waals surface area (Å²) in [5, 5.41) is 46.2. The monoisotopic (exact) mass is 820 g/mol. The lowest BCUT2D eigenvalue weighted by Gasteiger charge is -2.16. The van der Waals surface area contributed by atoms with E-state index in [2.05, 4.69) is 35.9 Å². The summed E-state index contributed by atoms with van der Waals surface area (Å²) in [6, 6.07) is -4.81. The number of aliphatic carboxylic acids is 5. The first-order chi connectivity index (χ1) is 22.8. The Bertz CT molecular complexity index is 952. The summed E-state index contributed by atoms with van der Waals surface area (Å²) in [6.45, 7) is 0.966. The van der Waals surface area contributed by atoms with Crippen LogP contribution < -0.4 is 45.0 Å². The number of carboxylic acids is 5. The van der Waals surface area contributed by atoms with Gasteiger partial charge in [-0.2, -0.15) is 25.3 Å². The van der Waals surface area contributed by atoms with Crippen LogP contribution in [0.25, 0.3) is 0 Å². The SMILES string of the molecule is NC(CCC(=O)NC(CS)C(=O)NCC(=O)O)C(=O)O.NC(CS)C(=O)O.NC(CSSCC(N)C(=O)O)C(=O)O.NCCSSCCN. The fourth-order valence-corrected chi connectivity index (χ4v) is 6.19. The van der Waals surface area contributed by atoms with Crippen molar-refractivity contribution in [2.45, 2.75) is 43.1 Å². The number of rotatable bonds is 23. The van der Waals surface area contributed by atoms with Crippen molar-refractivity contribution in [2.24, 2.45) is 34.4 Å². The van der Waals surface area contributed by atoms with Gasteiger partial charge in [-0.25, -0.2) is 0 Å². The fourth-order valence-electron chi connectivity index (χ4n) is 1.83. The van der Waals surface area contributed by atoms with Crippen LogP contribution in [-0.4, -0.2) is 152 Å². The zero-order valence-electron chi connectivity index (χ0n) is 26.3. The van der Waals surface area contributed by atoms with Gasteiger partial charge in [0, 0.05) is 54.0 Å². The van der Waals surface area contributed by atoms with Crippen molar-refractivity contribution >= 4 is 110 Å². The summed E-state index contributed by atoms with van der Waals surface area (Å²) >= 11 is 7.52. The minimum atomic E-state index is -1.22. The van der Waals surface area contributed by atoms with E-state index >= 15 is 0 Å². The molecule has 0 aromatic heterocycles. The molecule has 0 saturated carbocycles. The Hall–Kier alpha value is -1.85. The van der Waals surface area contributed by atoms with Gasteiger partial charge in [-0.05, 0) is 6.42 Å². The molecule has 0 aliphatic carbocycles. The van der Waals surface area contributed by atoms with Gasteiger partial charge in [0.1, 0.15) is 36.8 Å². The second-order valence-electron chi connectivity index (χ2n) is 8.70. The van der Waals surface area contributed by atoms with E-state index in [-0.39, 0.29) is 35.9 Å². The second kappa shape index (κ2) is 36.0. The molecule has 0 spiro atoms. The molecule has 0 saturated heterocycles. The minimum absolute atomic E-state index is 0.0256. The van der Waals surface area contributed by atoms with Crippen molar-refractivity contribution in [3.63, 3.8) is 0 Å². The third kappa shape index (κ3) is 38.8. The molecule has 19 N–H and O–H groups in total. The third-order valence-electron chi connectivity index (χ3n) is 4.46. The lowest BCUT2D eigenvalue weighted by molar-refractivity contribution is -0.139. The van der Waals surface area contributed by atoms with E-state index in [0.29, 0.717) is 0 Å². The largest absolute Gasteiger partial charge is 0.480 e. The predicted octanol–water partition coefficient (Wildman–Crippen LogP) is -3.40. The number of nitrogens with two attached hydrogens (primary N) is 6. The van der Waals surface area contributed by atoms with Crippen LogP contribution >= 0.6 is 68.4 Å². The van der Waals surface area contributed by atoms with Crippen molar-refractivity contribution in [2.75, 3.05) is 54.2 Å². The number of thiol groups is 2. The average molecular weight is 821 g/mol. The van der Waals surface area contributed by atoms with Gasteiger partial charge < -0.3 is 70.6 Å². The maximum absolute atomic E-state index is 11.5. The Balaban J connectivity index is -0.000000302. The highest BCUT2D eigenvalue weighted by Gasteiger charge is 2.21. The van der Waals surface area contributed by atoms with Gasteiger partial charge in [-0.1, -0.05) is 43.2 Å². The Kier molecular flexibility index (Phi) is 39.6. The second-order valence-corrected chi connectivity index (χ2v) is 14.7. The molecule has 0 bridgehead atoms. The van der Waals surface area contributed by atoms with Gasteiger partial charge in [-0.3, -0.25) is 33.6 Å². The van der Waals surface area contributed by atoms with Gasteiger partial charge >= 0.3 is 29.8 Å². The molecule has 49 heavy (non-hydrogen) atoms. The number of nitrogens with one attached hydrogen (secondary N) is 2. The molecule has 0 aromatic carbocycles. The molecule has 0 rings (SSSR count). The quantitative estimate of drug-likeness (QED) is 0.0271. The molecule has 2 amide bonds. The van der Waals surface area contributed by atoms with Crippen molar-refractivity contribution in [1.29, 1.82) is 0 Å². The minimum Gasteiger partial charge on any atom is -0.480 e. The third-order valence-corrected chi connectivity index (χ3v) is 10.2. The molecule has 288 valence electrons. The van der Waals surface area contributed by atoms with Gasteiger partial charge in [0.05, 0.1) is 0 Å². The van der Waals surface area contributed by atoms with Gasteiger partial charge in [-0.15, -0.1) is 0 Å². The first-order valence-corrected chi connectivity index (χ1v) is 19.9. The van der Waals surface area contributed by atoms with Crippen molar-refractivity contribution in [3.8, 4) is 0 Å². The summed E-state index contributed by atoms with van der Waals surface area (Å²) in [5.41, 5.74) is 31.1. The summed E-state index contributed by atoms with van der Waals surface area (Å²) in [4.78, 5) is 74.0. The van der Waals surface area contributed by atoms with Crippen LogP contribution in [0.2, 0.25) is 0 Å². The maximum Gasteiger partial charge on any atom is 0.322 e. The van der Waals surface area contributed by atoms with E-state index in [4.69, 9.17) is 59.9 Å². The van der Waals surface area contributed by atoms with E-state index in [9.17, 15) is 33.6 Å². The van der Waals surface area contributed by atoms with E-state index in [0.717, 1.165) is 24.6 Å². The van der Waals surface area contributed by atoms with Crippen molar-refractivity contribution in [3.05, 3.63) is 0 Å². The van der Waals surface area contributed by atoms with Gasteiger partial charge in [0.15, 0.2) is 0 Å². The predicted molar refractivity (Wildman–Crippen MR) is 200 cm³/mol. The number of hydrogen-bond acceptors (Lipinski definition) is 19. The van der Waals surface area contributed by atoms with Crippen LogP contribution in [0.1, 0.15) is 12.8 Å². The zero-order valence-corrected chi connectivity index (χ0v) is 31.3. The number of carbonyl (C=O) groups is 7. The van der Waals surface area contributed by atoms with Crippen LogP contribution in [0.4, 0.5) is 0 Å². The molecule has 0 aliphatic heterocycles. The maximum atomic E-state index is 11.5. The lowest BCUT2D eigenvalue weighted by Crippen LogP contribution is -2.49. The lowest BCUT2D eigenvalue weighted by atomic mass is 10.1. The highest BCUT2D eigenvalue weighted by molar-refractivity contribution is 8.77. The van der Waals surface area contributed by atoms with Gasteiger partial charge in [0.2, 0.25) is 11.8 Å². The standard InChI is InChI=1S/C10H17N3O6S.C6H12N2O4S2.C4H12N2S2.C3H7NO2S/c11-5(10(18)19)1-2-7(14)13-6(4-20)9(17)12-3-8(15)16;7-3(5(9)10)1-13-14-2-4(8)6(11)12;5-1-3-7-8-4-2-6;4-2(1-7)3(5)6/h5-6,20H,1-4,11H2,(H,12,17)(H,13,14)(H,15,16)(H,18,19);3-4H,1-2,7-8H2,(H,9,10)(H,11,12);1-6H2;2,7H,1,4H2,(H,5,6). The molecule has 20 nitrogen and oxygen atoms in total. The van der Waals surface area contributed by atoms with E-state index < -0.39 is 78.4 Å². The molecule has 5 atom stereocenters. The van der Waals surface area contributed by atoms with Crippen molar-refractivity contribution < 1.29 is 59.1 Å². The highest BCUT2D eigenvalue weighted by atomic mass is 33.1. The molecular formula is C23H48N8O12S6. The summed E-state index contributed by atoms with van der Waals surface area (Å²) < 4.78 is 0. The Labute approximate surface area is 310 Å². The Morgan fingerprint density at radius 1 is 0.612 bits per heavy atom. The van der Waals surface area contributed by atoms with Crippen LogP contribution in [0.15, 0.2) is 0 Å². The highest BCUT2D eigenvalue weighted by Crippen LogP contribution is 2.22.